The lowest BCUT2D eigenvalue weighted by molar-refractivity contribution is -0.105. The summed E-state index contributed by atoms with van der Waals surface area (Å²) in [6, 6.07) is 4.70. The van der Waals surface area contributed by atoms with Crippen LogP contribution in [0, 0.1) is 0 Å². The molecule has 3 rings (SSSR count). The van der Waals surface area contributed by atoms with Crippen molar-refractivity contribution >= 4 is 23.9 Å². The highest BCUT2D eigenvalue weighted by molar-refractivity contribution is 6.21. The lowest BCUT2D eigenvalue weighted by Crippen LogP contribution is -2.36. The molecule has 20 heavy (non-hydrogen) atoms. The summed E-state index contributed by atoms with van der Waals surface area (Å²) in [4.78, 5) is 36.2. The van der Waals surface area contributed by atoms with Gasteiger partial charge in [-0.25, -0.2) is 0 Å². The first-order valence-corrected chi connectivity index (χ1v) is 6.52. The number of ether oxygens (including phenoxy) is 1. The van der Waals surface area contributed by atoms with E-state index in [9.17, 15) is 14.4 Å². The third-order valence-corrected chi connectivity index (χ3v) is 3.61. The van der Waals surface area contributed by atoms with E-state index in [1.807, 2.05) is 0 Å². The first-order chi connectivity index (χ1) is 9.70. The van der Waals surface area contributed by atoms with E-state index in [4.69, 9.17) is 4.74 Å². The maximum Gasteiger partial charge on any atom is 0.261 e. The molecule has 0 bridgehead atoms. The molecule has 104 valence electrons. The van der Waals surface area contributed by atoms with E-state index in [0.29, 0.717) is 36.4 Å². The number of anilines is 1. The minimum atomic E-state index is -0.324. The van der Waals surface area contributed by atoms with Crippen LogP contribution in [0.4, 0.5) is 5.69 Å². The Bertz CT molecular complexity index is 579. The van der Waals surface area contributed by atoms with Crippen molar-refractivity contribution in [1.82, 2.24) is 4.90 Å². The molecule has 2 heterocycles. The van der Waals surface area contributed by atoms with E-state index in [1.165, 1.54) is 11.0 Å². The molecule has 0 saturated carbocycles. The molecule has 1 N–H and O–H groups in total. The molecule has 0 aromatic heterocycles. The van der Waals surface area contributed by atoms with Gasteiger partial charge in [0.1, 0.15) is 0 Å². The lowest BCUT2D eigenvalue weighted by Gasteiger charge is -2.17. The van der Waals surface area contributed by atoms with Gasteiger partial charge in [0.2, 0.25) is 6.41 Å². The largest absolute Gasteiger partial charge is 0.376 e. The molecule has 6 heteroatoms. The monoisotopic (exact) mass is 274 g/mol. The van der Waals surface area contributed by atoms with Crippen LogP contribution in [0.5, 0.6) is 0 Å². The van der Waals surface area contributed by atoms with Crippen molar-refractivity contribution in [2.45, 2.75) is 18.9 Å². The number of nitrogens with zero attached hydrogens (tertiary/aromatic N) is 1. The highest BCUT2D eigenvalue weighted by atomic mass is 16.5. The van der Waals surface area contributed by atoms with Crippen molar-refractivity contribution in [3.05, 3.63) is 29.3 Å². The number of benzene rings is 1. The second kappa shape index (κ2) is 5.05. The molecule has 3 amide bonds. The van der Waals surface area contributed by atoms with Gasteiger partial charge in [-0.3, -0.25) is 19.3 Å². The maximum absolute atomic E-state index is 12.3. The van der Waals surface area contributed by atoms with Gasteiger partial charge >= 0.3 is 0 Å². The van der Waals surface area contributed by atoms with Gasteiger partial charge in [-0.05, 0) is 31.0 Å². The van der Waals surface area contributed by atoms with Crippen LogP contribution < -0.4 is 5.32 Å². The van der Waals surface area contributed by atoms with Crippen molar-refractivity contribution in [3.8, 4) is 0 Å². The van der Waals surface area contributed by atoms with Crippen molar-refractivity contribution in [2.75, 3.05) is 18.5 Å². The molecule has 1 aromatic rings. The normalized spacial score (nSPS) is 21.2. The Kier molecular flexibility index (Phi) is 3.23. The summed E-state index contributed by atoms with van der Waals surface area (Å²) in [5.41, 5.74) is 1.21. The van der Waals surface area contributed by atoms with Gasteiger partial charge in [0, 0.05) is 12.3 Å². The van der Waals surface area contributed by atoms with E-state index < -0.39 is 0 Å². The van der Waals surface area contributed by atoms with Crippen LogP contribution in [-0.2, 0) is 9.53 Å². The molecular weight excluding hydrogens is 260 g/mol. The number of hydrogen-bond acceptors (Lipinski definition) is 4. The SMILES string of the molecule is O=CNc1ccc2c(c1)C(=O)N(CC1CCCO1)C2=O. The topological polar surface area (TPSA) is 75.7 Å². The summed E-state index contributed by atoms with van der Waals surface area (Å²) >= 11 is 0. The van der Waals surface area contributed by atoms with Crippen LogP contribution in [-0.4, -0.2) is 42.4 Å². The van der Waals surface area contributed by atoms with Crippen LogP contribution >= 0.6 is 0 Å². The van der Waals surface area contributed by atoms with Crippen LogP contribution in [0.2, 0.25) is 0 Å². The van der Waals surface area contributed by atoms with E-state index in [1.54, 1.807) is 12.1 Å². The van der Waals surface area contributed by atoms with Crippen molar-refractivity contribution in [3.63, 3.8) is 0 Å². The average Bonchev–Trinajstić information content (AvgIpc) is 3.03. The summed E-state index contributed by atoms with van der Waals surface area (Å²) in [7, 11) is 0. The fourth-order valence-corrected chi connectivity index (χ4v) is 2.61. The number of carbonyl (C=O) groups is 3. The molecule has 0 radical (unpaired) electrons. The fourth-order valence-electron chi connectivity index (χ4n) is 2.61. The molecular formula is C14H14N2O4. The first-order valence-electron chi connectivity index (χ1n) is 6.52. The lowest BCUT2D eigenvalue weighted by atomic mass is 10.1. The minimum absolute atomic E-state index is 0.0650. The number of amides is 3. The average molecular weight is 274 g/mol. The van der Waals surface area contributed by atoms with Crippen LogP contribution in [0.3, 0.4) is 0 Å². The highest BCUT2D eigenvalue weighted by Gasteiger charge is 2.37. The Morgan fingerprint density at radius 3 is 2.80 bits per heavy atom. The standard InChI is InChI=1S/C14H14N2O4/c17-8-15-9-3-4-11-12(6-9)14(19)16(13(11)18)7-10-2-1-5-20-10/h3-4,6,8,10H,1-2,5,7H2,(H,15,17). The summed E-state index contributed by atoms with van der Waals surface area (Å²) in [5, 5.41) is 2.47. The third-order valence-electron chi connectivity index (χ3n) is 3.61. The molecule has 1 unspecified atom stereocenters. The van der Waals surface area contributed by atoms with Gasteiger partial charge in [0.25, 0.3) is 11.8 Å². The van der Waals surface area contributed by atoms with Gasteiger partial charge in [-0.2, -0.15) is 0 Å². The molecule has 6 nitrogen and oxygen atoms in total. The quantitative estimate of drug-likeness (QED) is 0.657. The second-order valence-electron chi connectivity index (χ2n) is 4.88. The summed E-state index contributed by atoms with van der Waals surface area (Å²) in [5.74, 6) is -0.617. The first kappa shape index (κ1) is 12.8. The van der Waals surface area contributed by atoms with E-state index in [-0.39, 0.29) is 17.9 Å². The molecule has 0 aliphatic carbocycles. The highest BCUT2D eigenvalue weighted by Crippen LogP contribution is 2.27. The number of rotatable bonds is 4. The molecule has 2 aliphatic rings. The van der Waals surface area contributed by atoms with Crippen molar-refractivity contribution in [1.29, 1.82) is 0 Å². The third kappa shape index (κ3) is 2.08. The van der Waals surface area contributed by atoms with Crippen molar-refractivity contribution in [2.24, 2.45) is 0 Å². The van der Waals surface area contributed by atoms with Gasteiger partial charge in [-0.15, -0.1) is 0 Å². The Morgan fingerprint density at radius 1 is 1.30 bits per heavy atom. The number of carbonyl (C=O) groups excluding carboxylic acids is 3. The summed E-state index contributed by atoms with van der Waals surface area (Å²) in [6.45, 7) is 0.976. The van der Waals surface area contributed by atoms with Gasteiger partial charge in [0.15, 0.2) is 0 Å². The summed E-state index contributed by atoms with van der Waals surface area (Å²) in [6.07, 6.45) is 2.30. The van der Waals surface area contributed by atoms with Crippen LogP contribution in [0.15, 0.2) is 18.2 Å². The number of hydrogen-bond donors (Lipinski definition) is 1. The predicted molar refractivity (Wildman–Crippen MR) is 70.5 cm³/mol. The smallest absolute Gasteiger partial charge is 0.261 e. The molecule has 0 spiro atoms. The summed E-state index contributed by atoms with van der Waals surface area (Å²) < 4.78 is 5.47. The van der Waals surface area contributed by atoms with Crippen LogP contribution in [0.25, 0.3) is 0 Å². The molecule has 2 aliphatic heterocycles. The zero-order chi connectivity index (χ0) is 14.1. The van der Waals surface area contributed by atoms with E-state index in [2.05, 4.69) is 5.32 Å². The Hall–Kier alpha value is -2.21. The Balaban J connectivity index is 1.84. The number of fused-ring (bicyclic) bond motifs is 1. The van der Waals surface area contributed by atoms with Gasteiger partial charge in [-0.1, -0.05) is 0 Å². The zero-order valence-corrected chi connectivity index (χ0v) is 10.8. The molecule has 1 aromatic carbocycles. The number of nitrogens with one attached hydrogen (secondary N) is 1. The zero-order valence-electron chi connectivity index (χ0n) is 10.8. The molecule has 1 atom stereocenters. The maximum atomic E-state index is 12.3. The Labute approximate surface area is 115 Å². The van der Waals surface area contributed by atoms with Crippen molar-refractivity contribution < 1.29 is 19.1 Å². The predicted octanol–water partition coefficient (Wildman–Crippen LogP) is 1.03. The van der Waals surface area contributed by atoms with Gasteiger partial charge < -0.3 is 10.1 Å². The van der Waals surface area contributed by atoms with E-state index >= 15 is 0 Å². The number of imide groups is 1. The molecule has 1 fully saturated rings. The second-order valence-corrected chi connectivity index (χ2v) is 4.88. The van der Waals surface area contributed by atoms with Crippen LogP contribution in [0.1, 0.15) is 33.6 Å². The fraction of sp³-hybridized carbons (Fsp3) is 0.357. The van der Waals surface area contributed by atoms with Gasteiger partial charge in [0.05, 0.1) is 23.8 Å². The minimum Gasteiger partial charge on any atom is -0.376 e. The van der Waals surface area contributed by atoms with E-state index in [0.717, 1.165) is 12.8 Å². The molecule has 1 saturated heterocycles. The Morgan fingerprint density at radius 2 is 2.10 bits per heavy atom.